The van der Waals surface area contributed by atoms with Crippen LogP contribution < -0.4 is 5.32 Å². The summed E-state index contributed by atoms with van der Waals surface area (Å²) in [6.45, 7) is 3.64. The van der Waals surface area contributed by atoms with Gasteiger partial charge in [0.25, 0.3) is 0 Å². The molecule has 3 N–H and O–H groups in total. The number of aliphatic hydroxyl groups is 1. The van der Waals surface area contributed by atoms with Crippen LogP contribution in [0.2, 0.25) is 0 Å². The van der Waals surface area contributed by atoms with E-state index in [0.717, 1.165) is 29.0 Å². The summed E-state index contributed by atoms with van der Waals surface area (Å²) in [4.78, 5) is 8.31. The minimum absolute atomic E-state index is 0.154. The average Bonchev–Trinajstić information content (AvgIpc) is 3.15. The zero-order valence-electron chi connectivity index (χ0n) is 15.4. The van der Waals surface area contributed by atoms with E-state index in [1.165, 1.54) is 22.3 Å². The van der Waals surface area contributed by atoms with E-state index in [9.17, 15) is 0 Å². The van der Waals surface area contributed by atoms with Crippen molar-refractivity contribution in [1.29, 1.82) is 0 Å². The van der Waals surface area contributed by atoms with Gasteiger partial charge in [0.2, 0.25) is 0 Å². The van der Waals surface area contributed by atoms with E-state index in [4.69, 9.17) is 10.1 Å². The molecule has 4 heteroatoms. The molecule has 0 unspecified atom stereocenters. The number of hydrogen-bond donors (Lipinski definition) is 3. The molecule has 0 atom stereocenters. The third kappa shape index (κ3) is 3.63. The number of rotatable bonds is 6. The molecule has 0 bridgehead atoms. The second-order valence-electron chi connectivity index (χ2n) is 6.68. The summed E-state index contributed by atoms with van der Waals surface area (Å²) in [5.74, 6) is 0.883. The van der Waals surface area contributed by atoms with E-state index in [-0.39, 0.29) is 6.61 Å². The van der Waals surface area contributed by atoms with Crippen molar-refractivity contribution < 1.29 is 5.11 Å². The largest absolute Gasteiger partial charge is 0.395 e. The number of aromatic nitrogens is 2. The van der Waals surface area contributed by atoms with Crippen molar-refractivity contribution in [3.63, 3.8) is 0 Å². The van der Waals surface area contributed by atoms with E-state index in [2.05, 4.69) is 77.9 Å². The minimum atomic E-state index is 0.154. The highest BCUT2D eigenvalue weighted by atomic mass is 16.3. The number of H-pyrrole nitrogens is 1. The summed E-state index contributed by atoms with van der Waals surface area (Å²) in [5, 5.41) is 12.0. The summed E-state index contributed by atoms with van der Waals surface area (Å²) < 4.78 is 0. The van der Waals surface area contributed by atoms with Gasteiger partial charge in [-0.1, -0.05) is 60.7 Å². The molecule has 27 heavy (non-hydrogen) atoms. The van der Waals surface area contributed by atoms with Crippen LogP contribution in [-0.2, 0) is 6.54 Å². The van der Waals surface area contributed by atoms with Crippen LogP contribution in [0.15, 0.2) is 66.7 Å². The highest BCUT2D eigenvalue weighted by Gasteiger charge is 2.11. The highest BCUT2D eigenvalue weighted by molar-refractivity contribution is 5.88. The SMILES string of the molecule is Cc1c(-c2ccccc2)ccc2[nH]c(-c3ccc(CNCCO)cc3)nc12. The van der Waals surface area contributed by atoms with Crippen LogP contribution in [0.4, 0.5) is 0 Å². The molecule has 4 nitrogen and oxygen atoms in total. The molecule has 1 aromatic heterocycles. The number of benzene rings is 3. The Bertz CT molecular complexity index is 1040. The summed E-state index contributed by atoms with van der Waals surface area (Å²) in [7, 11) is 0. The van der Waals surface area contributed by atoms with E-state index < -0.39 is 0 Å². The average molecular weight is 357 g/mol. The lowest BCUT2D eigenvalue weighted by Gasteiger charge is -2.06. The Morgan fingerprint density at radius 2 is 1.70 bits per heavy atom. The molecule has 136 valence electrons. The topological polar surface area (TPSA) is 60.9 Å². The van der Waals surface area contributed by atoms with Gasteiger partial charge < -0.3 is 15.4 Å². The lowest BCUT2D eigenvalue weighted by molar-refractivity contribution is 0.292. The lowest BCUT2D eigenvalue weighted by atomic mass is 9.99. The molecule has 0 amide bonds. The summed E-state index contributed by atoms with van der Waals surface area (Å²) in [6.07, 6.45) is 0. The molecule has 0 fully saturated rings. The maximum absolute atomic E-state index is 8.85. The molecular weight excluding hydrogens is 334 g/mol. The first-order chi connectivity index (χ1) is 13.3. The van der Waals surface area contributed by atoms with Gasteiger partial charge in [0.05, 0.1) is 17.6 Å². The Balaban J connectivity index is 1.65. The van der Waals surface area contributed by atoms with Crippen LogP contribution in [0.25, 0.3) is 33.5 Å². The van der Waals surface area contributed by atoms with Gasteiger partial charge in [0.1, 0.15) is 5.82 Å². The van der Waals surface area contributed by atoms with Gasteiger partial charge in [0, 0.05) is 18.7 Å². The fraction of sp³-hybridized carbons (Fsp3) is 0.174. The minimum Gasteiger partial charge on any atom is -0.395 e. The molecular formula is C23H23N3O. The second kappa shape index (κ2) is 7.74. The van der Waals surface area contributed by atoms with Crippen LogP contribution in [0.1, 0.15) is 11.1 Å². The quantitative estimate of drug-likeness (QED) is 0.451. The fourth-order valence-corrected chi connectivity index (χ4v) is 3.37. The monoisotopic (exact) mass is 357 g/mol. The third-order valence-corrected chi connectivity index (χ3v) is 4.84. The van der Waals surface area contributed by atoms with Gasteiger partial charge >= 0.3 is 0 Å². The maximum atomic E-state index is 8.85. The zero-order valence-corrected chi connectivity index (χ0v) is 15.4. The molecule has 0 aliphatic heterocycles. The number of nitrogens with one attached hydrogen (secondary N) is 2. The van der Waals surface area contributed by atoms with Crippen molar-refractivity contribution in [2.24, 2.45) is 0 Å². The molecule has 0 saturated heterocycles. The van der Waals surface area contributed by atoms with Crippen molar-refractivity contribution in [3.05, 3.63) is 77.9 Å². The molecule has 0 aliphatic carbocycles. The molecule has 4 aromatic rings. The van der Waals surface area contributed by atoms with Gasteiger partial charge in [-0.25, -0.2) is 4.98 Å². The van der Waals surface area contributed by atoms with Gasteiger partial charge in [-0.3, -0.25) is 0 Å². The number of hydrogen-bond acceptors (Lipinski definition) is 3. The van der Waals surface area contributed by atoms with Crippen LogP contribution >= 0.6 is 0 Å². The number of nitrogens with zero attached hydrogens (tertiary/aromatic N) is 1. The first kappa shape index (κ1) is 17.5. The van der Waals surface area contributed by atoms with E-state index in [0.29, 0.717) is 6.54 Å². The second-order valence-corrected chi connectivity index (χ2v) is 6.68. The predicted octanol–water partition coefficient (Wildman–Crippen LogP) is 4.29. The summed E-state index contributed by atoms with van der Waals surface area (Å²) >= 11 is 0. The predicted molar refractivity (Wildman–Crippen MR) is 110 cm³/mol. The molecule has 0 aliphatic rings. The molecule has 0 radical (unpaired) electrons. The first-order valence-corrected chi connectivity index (χ1v) is 9.22. The van der Waals surface area contributed by atoms with Crippen molar-refractivity contribution in [1.82, 2.24) is 15.3 Å². The standard InChI is InChI=1S/C23H23N3O/c1-16-20(18-5-3-2-4-6-18)11-12-21-22(16)26-23(25-21)19-9-7-17(8-10-19)15-24-13-14-27/h2-12,24,27H,13-15H2,1H3,(H,25,26). The van der Waals surface area contributed by atoms with Crippen LogP contribution in [0.3, 0.4) is 0 Å². The van der Waals surface area contributed by atoms with Crippen molar-refractivity contribution in [3.8, 4) is 22.5 Å². The van der Waals surface area contributed by atoms with Crippen molar-refractivity contribution in [2.75, 3.05) is 13.2 Å². The lowest BCUT2D eigenvalue weighted by Crippen LogP contribution is -2.17. The molecule has 4 rings (SSSR count). The highest BCUT2D eigenvalue weighted by Crippen LogP contribution is 2.30. The summed E-state index contributed by atoms with van der Waals surface area (Å²) in [6, 6.07) is 23.0. The molecule has 0 saturated carbocycles. The number of fused-ring (bicyclic) bond motifs is 1. The Morgan fingerprint density at radius 3 is 2.44 bits per heavy atom. The zero-order chi connectivity index (χ0) is 18.6. The van der Waals surface area contributed by atoms with Gasteiger partial charge in [-0.15, -0.1) is 0 Å². The van der Waals surface area contributed by atoms with Crippen LogP contribution in [0, 0.1) is 6.92 Å². The van der Waals surface area contributed by atoms with Crippen LogP contribution in [0.5, 0.6) is 0 Å². The van der Waals surface area contributed by atoms with Gasteiger partial charge in [-0.2, -0.15) is 0 Å². The Labute approximate surface area is 158 Å². The Hall–Kier alpha value is -2.95. The first-order valence-electron chi connectivity index (χ1n) is 9.22. The third-order valence-electron chi connectivity index (χ3n) is 4.84. The van der Waals surface area contributed by atoms with Gasteiger partial charge in [-0.05, 0) is 35.2 Å². The number of imidazole rings is 1. The summed E-state index contributed by atoms with van der Waals surface area (Å²) in [5.41, 5.74) is 7.93. The maximum Gasteiger partial charge on any atom is 0.138 e. The number of aliphatic hydroxyl groups excluding tert-OH is 1. The number of aryl methyl sites for hydroxylation is 1. The number of aromatic amines is 1. The Kier molecular flexibility index (Phi) is 5.01. The van der Waals surface area contributed by atoms with E-state index in [1.807, 2.05) is 6.07 Å². The molecule has 1 heterocycles. The van der Waals surface area contributed by atoms with Gasteiger partial charge in [0.15, 0.2) is 0 Å². The van der Waals surface area contributed by atoms with Crippen molar-refractivity contribution >= 4 is 11.0 Å². The van der Waals surface area contributed by atoms with Crippen LogP contribution in [-0.4, -0.2) is 28.2 Å². The Morgan fingerprint density at radius 1 is 0.926 bits per heavy atom. The van der Waals surface area contributed by atoms with Crippen molar-refractivity contribution in [2.45, 2.75) is 13.5 Å². The normalized spacial score (nSPS) is 11.2. The van der Waals surface area contributed by atoms with E-state index >= 15 is 0 Å². The smallest absolute Gasteiger partial charge is 0.138 e. The molecule has 0 spiro atoms. The fourth-order valence-electron chi connectivity index (χ4n) is 3.37. The van der Waals surface area contributed by atoms with E-state index in [1.54, 1.807) is 0 Å². The molecule has 3 aromatic carbocycles.